The highest BCUT2D eigenvalue weighted by Crippen LogP contribution is 2.54. The van der Waals surface area contributed by atoms with E-state index in [0.717, 1.165) is 5.88 Å². The van der Waals surface area contributed by atoms with E-state index in [0.29, 0.717) is 11.3 Å². The smallest absolute Gasteiger partial charge is 0.0987 e. The molecule has 1 saturated carbocycles. The summed E-state index contributed by atoms with van der Waals surface area (Å²) in [6, 6.07) is 0. The Labute approximate surface area is 75.4 Å². The molecule has 2 unspecified atom stereocenters. The van der Waals surface area contributed by atoms with Crippen molar-refractivity contribution in [1.29, 1.82) is 0 Å². The van der Waals surface area contributed by atoms with Crippen LogP contribution < -0.4 is 0 Å². The first kappa shape index (κ1) is 7.56. The zero-order chi connectivity index (χ0) is 7.90. The van der Waals surface area contributed by atoms with Crippen LogP contribution in [0.5, 0.6) is 0 Å². The lowest BCUT2D eigenvalue weighted by Gasteiger charge is -2.03. The third-order valence-electron chi connectivity index (χ3n) is 2.52. The van der Waals surface area contributed by atoms with E-state index in [9.17, 15) is 0 Å². The van der Waals surface area contributed by atoms with Crippen LogP contribution in [-0.2, 0) is 5.41 Å². The molecule has 0 N–H and O–H groups in total. The first-order valence-electron chi connectivity index (χ1n) is 3.73. The fourth-order valence-corrected chi connectivity index (χ4v) is 2.79. The first-order valence-corrected chi connectivity index (χ1v) is 5.15. The van der Waals surface area contributed by atoms with Gasteiger partial charge in [0.15, 0.2) is 0 Å². The summed E-state index contributed by atoms with van der Waals surface area (Å²) in [6.07, 6.45) is 3.08. The quantitative estimate of drug-likeness (QED) is 0.649. The molecule has 0 saturated heterocycles. The van der Waals surface area contributed by atoms with E-state index in [1.54, 1.807) is 11.3 Å². The van der Waals surface area contributed by atoms with E-state index >= 15 is 0 Å². The normalized spacial score (nSPS) is 35.6. The van der Waals surface area contributed by atoms with Crippen molar-refractivity contribution in [2.45, 2.75) is 18.8 Å². The highest BCUT2D eigenvalue weighted by molar-refractivity contribution is 7.09. The van der Waals surface area contributed by atoms with E-state index in [1.165, 1.54) is 11.4 Å². The number of hydrogen-bond acceptors (Lipinski definition) is 2. The van der Waals surface area contributed by atoms with E-state index in [1.807, 2.05) is 11.6 Å². The Morgan fingerprint density at radius 1 is 1.91 bits per heavy atom. The van der Waals surface area contributed by atoms with Crippen LogP contribution in [0.3, 0.4) is 0 Å². The van der Waals surface area contributed by atoms with Gasteiger partial charge in [-0.3, -0.25) is 0 Å². The number of thiazole rings is 1. The minimum atomic E-state index is 0.315. The average Bonchev–Trinajstić information content (AvgIpc) is 2.55. The number of nitrogens with zero attached hydrogens (tertiary/aromatic N) is 1. The molecule has 0 spiro atoms. The van der Waals surface area contributed by atoms with Crippen molar-refractivity contribution in [3.8, 4) is 0 Å². The summed E-state index contributed by atoms with van der Waals surface area (Å²) < 4.78 is 0. The molecule has 1 aromatic rings. The SMILES string of the molecule is CC1(c2nccs2)CC1CCl. The maximum atomic E-state index is 5.78. The average molecular weight is 188 g/mol. The molecule has 1 aliphatic carbocycles. The standard InChI is InChI=1S/C8H10ClNS/c1-8(4-6(8)5-9)7-10-2-3-11-7/h2-3,6H,4-5H2,1H3. The van der Waals surface area contributed by atoms with Crippen LogP contribution in [0.4, 0.5) is 0 Å². The highest BCUT2D eigenvalue weighted by Gasteiger charge is 2.52. The molecule has 1 heterocycles. The van der Waals surface area contributed by atoms with E-state index in [-0.39, 0.29) is 0 Å². The molecule has 0 amide bonds. The Kier molecular flexibility index (Phi) is 1.69. The molecule has 0 bridgehead atoms. The molecule has 2 rings (SSSR count). The summed E-state index contributed by atoms with van der Waals surface area (Å²) in [6.45, 7) is 2.25. The fourth-order valence-electron chi connectivity index (χ4n) is 1.45. The lowest BCUT2D eigenvalue weighted by Crippen LogP contribution is -2.03. The molecule has 3 heteroatoms. The molecule has 1 nitrogen and oxygen atoms in total. The zero-order valence-electron chi connectivity index (χ0n) is 6.38. The van der Waals surface area contributed by atoms with Crippen molar-refractivity contribution in [3.63, 3.8) is 0 Å². The second kappa shape index (κ2) is 2.46. The summed E-state index contributed by atoms with van der Waals surface area (Å²) in [5, 5.41) is 3.28. The number of hydrogen-bond donors (Lipinski definition) is 0. The van der Waals surface area contributed by atoms with Crippen molar-refractivity contribution >= 4 is 22.9 Å². The Morgan fingerprint density at radius 2 is 2.73 bits per heavy atom. The molecular formula is C8H10ClNS. The van der Waals surface area contributed by atoms with Crippen molar-refractivity contribution in [1.82, 2.24) is 4.98 Å². The van der Waals surface area contributed by atoms with Gasteiger partial charge >= 0.3 is 0 Å². The van der Waals surface area contributed by atoms with Gasteiger partial charge in [-0.15, -0.1) is 22.9 Å². The third kappa shape index (κ3) is 1.09. The fraction of sp³-hybridized carbons (Fsp3) is 0.625. The predicted octanol–water partition coefficient (Wildman–Crippen LogP) is 2.66. The van der Waals surface area contributed by atoms with Gasteiger partial charge in [0, 0.05) is 22.9 Å². The summed E-state index contributed by atoms with van der Waals surface area (Å²) >= 11 is 7.52. The monoisotopic (exact) mass is 187 g/mol. The maximum absolute atomic E-state index is 5.78. The molecule has 0 aromatic carbocycles. The molecule has 2 atom stereocenters. The van der Waals surface area contributed by atoms with Gasteiger partial charge in [0.05, 0.1) is 5.01 Å². The first-order chi connectivity index (χ1) is 5.27. The van der Waals surface area contributed by atoms with E-state index in [2.05, 4.69) is 11.9 Å². The zero-order valence-corrected chi connectivity index (χ0v) is 7.95. The summed E-state index contributed by atoms with van der Waals surface area (Å²) in [7, 11) is 0. The predicted molar refractivity (Wildman–Crippen MR) is 48.3 cm³/mol. The van der Waals surface area contributed by atoms with Gasteiger partial charge in [0.25, 0.3) is 0 Å². The van der Waals surface area contributed by atoms with Gasteiger partial charge in [0.1, 0.15) is 0 Å². The minimum Gasteiger partial charge on any atom is -0.249 e. The van der Waals surface area contributed by atoms with Crippen molar-refractivity contribution < 1.29 is 0 Å². The van der Waals surface area contributed by atoms with Crippen molar-refractivity contribution in [2.24, 2.45) is 5.92 Å². The number of rotatable bonds is 2. The van der Waals surface area contributed by atoms with Crippen LogP contribution in [0.25, 0.3) is 0 Å². The summed E-state index contributed by atoms with van der Waals surface area (Å²) in [5.41, 5.74) is 0.315. The van der Waals surface area contributed by atoms with Gasteiger partial charge in [-0.25, -0.2) is 4.98 Å². The summed E-state index contributed by atoms with van der Waals surface area (Å²) in [5.74, 6) is 1.44. The van der Waals surface area contributed by atoms with Gasteiger partial charge in [-0.05, 0) is 12.3 Å². The Bertz CT molecular complexity index is 247. The lowest BCUT2D eigenvalue weighted by molar-refractivity contribution is 0.699. The van der Waals surface area contributed by atoms with Gasteiger partial charge in [-0.1, -0.05) is 6.92 Å². The minimum absolute atomic E-state index is 0.315. The molecule has 1 aromatic heterocycles. The van der Waals surface area contributed by atoms with E-state index in [4.69, 9.17) is 11.6 Å². The van der Waals surface area contributed by atoms with Crippen LogP contribution in [0.2, 0.25) is 0 Å². The number of alkyl halides is 1. The number of aromatic nitrogens is 1. The second-order valence-corrected chi connectivity index (χ2v) is 4.51. The van der Waals surface area contributed by atoms with Gasteiger partial charge in [-0.2, -0.15) is 0 Å². The Morgan fingerprint density at radius 3 is 3.18 bits per heavy atom. The Balaban J connectivity index is 2.19. The topological polar surface area (TPSA) is 12.9 Å². The number of halogens is 1. The van der Waals surface area contributed by atoms with Crippen molar-refractivity contribution in [2.75, 3.05) is 5.88 Å². The molecule has 0 radical (unpaired) electrons. The van der Waals surface area contributed by atoms with Crippen LogP contribution in [0, 0.1) is 5.92 Å². The molecule has 60 valence electrons. The van der Waals surface area contributed by atoms with Crippen LogP contribution in [-0.4, -0.2) is 10.9 Å². The molecule has 11 heavy (non-hydrogen) atoms. The largest absolute Gasteiger partial charge is 0.249 e. The Hall–Kier alpha value is -0.0800. The van der Waals surface area contributed by atoms with Gasteiger partial charge in [0.2, 0.25) is 0 Å². The molecular weight excluding hydrogens is 178 g/mol. The second-order valence-electron chi connectivity index (χ2n) is 3.31. The molecule has 0 aliphatic heterocycles. The molecule has 1 fully saturated rings. The van der Waals surface area contributed by atoms with Gasteiger partial charge < -0.3 is 0 Å². The van der Waals surface area contributed by atoms with Crippen molar-refractivity contribution in [3.05, 3.63) is 16.6 Å². The lowest BCUT2D eigenvalue weighted by atomic mass is 10.1. The van der Waals surface area contributed by atoms with Crippen LogP contribution in [0.15, 0.2) is 11.6 Å². The van der Waals surface area contributed by atoms with E-state index < -0.39 is 0 Å². The highest BCUT2D eigenvalue weighted by atomic mass is 35.5. The van der Waals surface area contributed by atoms with Crippen LogP contribution in [0.1, 0.15) is 18.4 Å². The molecule has 1 aliphatic rings. The maximum Gasteiger partial charge on any atom is 0.0987 e. The van der Waals surface area contributed by atoms with Crippen LogP contribution >= 0.6 is 22.9 Å². The third-order valence-corrected chi connectivity index (χ3v) is 3.94. The summed E-state index contributed by atoms with van der Waals surface area (Å²) in [4.78, 5) is 4.31.